The van der Waals surface area contributed by atoms with Gasteiger partial charge in [0.05, 0.1) is 0 Å². The summed E-state index contributed by atoms with van der Waals surface area (Å²) in [6.45, 7) is 0.429. The summed E-state index contributed by atoms with van der Waals surface area (Å²) in [5, 5.41) is 0. The average Bonchev–Trinajstić information content (AvgIpc) is 3.11. The van der Waals surface area contributed by atoms with E-state index in [0.717, 1.165) is 0 Å². The maximum absolute atomic E-state index is 14.5. The molecule has 0 aliphatic rings. The minimum absolute atomic E-state index is 0.429. The van der Waals surface area contributed by atoms with E-state index in [9.17, 15) is 171 Å². The van der Waals surface area contributed by atoms with E-state index >= 15 is 0 Å². The first-order chi connectivity index (χ1) is 29.4. The van der Waals surface area contributed by atoms with Gasteiger partial charge in [0.1, 0.15) is 0 Å². The summed E-state index contributed by atoms with van der Waals surface area (Å²) in [4.78, 5) is 0. The van der Waals surface area contributed by atoms with E-state index in [1.165, 1.54) is 0 Å². The normalized spacial score (nSPS) is 16.7. The van der Waals surface area contributed by atoms with Gasteiger partial charge in [0, 0.05) is 0 Å². The van der Waals surface area contributed by atoms with Gasteiger partial charge in [-0.2, -0.15) is 0 Å². The van der Waals surface area contributed by atoms with E-state index in [1.807, 2.05) is 0 Å². The standard InChI is InChI=1S/3C9H6F13.C2H5.Sn/c3*1-2-3-4(10,11)5(12,13)6(14,15)7(16,17)8(18,19)9(20,21)22;1-2;/h3*1-3H2;1H2,2H3;. The van der Waals surface area contributed by atoms with Crippen LogP contribution in [0, 0.1) is 0 Å². The minimum atomic E-state index is -8.55. The van der Waals surface area contributed by atoms with Crippen molar-refractivity contribution in [3.05, 3.63) is 0 Å². The summed E-state index contributed by atoms with van der Waals surface area (Å²) in [5.74, 6) is -122. The van der Waals surface area contributed by atoms with Crippen LogP contribution in [-0.4, -0.2) is 126 Å². The quantitative estimate of drug-likeness (QED) is 0.0631. The first kappa shape index (κ1) is 67.1. The second-order valence-electron chi connectivity index (χ2n) is 14.9. The van der Waals surface area contributed by atoms with Crippen molar-refractivity contribution < 1.29 is 171 Å². The van der Waals surface area contributed by atoms with Gasteiger partial charge < -0.3 is 0 Å². The molecule has 0 aliphatic heterocycles. The van der Waals surface area contributed by atoms with Gasteiger partial charge in [-0.25, -0.2) is 0 Å². The SMILES string of the molecule is C[CH2][Sn]([CH2]CCC(F)(F)C(F)(F)C(F)(F)C(F)(F)C(F)(F)C(F)(F)F)([CH2]CCC(F)(F)C(F)(F)C(F)(F)C(F)(F)C(F)(F)C(F)(F)F)[CH2]CCC(F)(F)C(F)(F)C(F)(F)C(F)(F)C(F)(F)C(F)(F)F. The number of alkyl halides is 39. The van der Waals surface area contributed by atoms with Crippen molar-refractivity contribution in [1.29, 1.82) is 0 Å². The van der Waals surface area contributed by atoms with Crippen molar-refractivity contribution in [2.75, 3.05) is 0 Å². The summed E-state index contributed by atoms with van der Waals surface area (Å²) < 4.78 is 520. The zero-order chi connectivity index (χ0) is 56.6. The second kappa shape index (κ2) is 18.8. The monoisotopic (exact) mass is 1230 g/mol. The van der Waals surface area contributed by atoms with Gasteiger partial charge in [0.15, 0.2) is 0 Å². The first-order valence-corrected chi connectivity index (χ1v) is 25.4. The molecule has 0 radical (unpaired) electrons. The van der Waals surface area contributed by atoms with Gasteiger partial charge >= 0.3 is 360 Å². The van der Waals surface area contributed by atoms with Crippen LogP contribution in [0.15, 0.2) is 0 Å². The van der Waals surface area contributed by atoms with Crippen LogP contribution in [0.2, 0.25) is 17.7 Å². The van der Waals surface area contributed by atoms with Crippen molar-refractivity contribution in [3.63, 3.8) is 0 Å². The Kier molecular flexibility index (Phi) is 18.2. The maximum atomic E-state index is 14.5. The molecule has 0 nitrogen and oxygen atoms in total. The second-order valence-corrected chi connectivity index (χ2v) is 29.8. The molecule has 0 aliphatic carbocycles. The predicted molar refractivity (Wildman–Crippen MR) is 151 cm³/mol. The Labute approximate surface area is 360 Å². The average molecular weight is 1230 g/mol. The van der Waals surface area contributed by atoms with Crippen LogP contribution in [0.1, 0.15) is 45.4 Å². The summed E-state index contributed by atoms with van der Waals surface area (Å²) in [7, 11) is 0. The molecular weight excluding hydrogens is 1210 g/mol. The Balaban J connectivity index is 7.32. The molecule has 0 unspecified atom stereocenters. The van der Waals surface area contributed by atoms with Gasteiger partial charge in [0.2, 0.25) is 0 Å². The fraction of sp³-hybridized carbons (Fsp3) is 1.00. The number of hydrogen-bond acceptors (Lipinski definition) is 0. The van der Waals surface area contributed by atoms with Gasteiger partial charge in [0.25, 0.3) is 0 Å². The van der Waals surface area contributed by atoms with Crippen molar-refractivity contribution >= 4 is 18.4 Å². The molecule has 0 saturated carbocycles. The molecule has 0 rings (SSSR count). The molecule has 0 aromatic carbocycles. The van der Waals surface area contributed by atoms with Crippen molar-refractivity contribution in [2.24, 2.45) is 0 Å². The molecule has 0 bridgehead atoms. The van der Waals surface area contributed by atoms with E-state index in [4.69, 9.17) is 0 Å². The molecule has 0 N–H and O–H groups in total. The summed E-state index contributed by atoms with van der Waals surface area (Å²) >= 11 is -6.23. The molecule has 0 fully saturated rings. The third-order valence-electron chi connectivity index (χ3n) is 10.3. The Morgan fingerprint density at radius 2 is 0.362 bits per heavy atom. The Morgan fingerprint density at radius 1 is 0.217 bits per heavy atom. The zero-order valence-electron chi connectivity index (χ0n) is 32.3. The molecule has 0 saturated heterocycles. The molecule has 0 atom stereocenters. The van der Waals surface area contributed by atoms with Gasteiger partial charge in [-0.3, -0.25) is 0 Å². The van der Waals surface area contributed by atoms with Gasteiger partial charge in [-0.15, -0.1) is 0 Å². The Bertz CT molecular complexity index is 1520. The van der Waals surface area contributed by atoms with Crippen LogP contribution < -0.4 is 0 Å². The van der Waals surface area contributed by atoms with Crippen molar-refractivity contribution in [1.82, 2.24) is 0 Å². The van der Waals surface area contributed by atoms with E-state index < -0.39 is 182 Å². The molecule has 69 heavy (non-hydrogen) atoms. The van der Waals surface area contributed by atoms with Crippen LogP contribution in [0.25, 0.3) is 0 Å². The van der Waals surface area contributed by atoms with Crippen LogP contribution in [-0.2, 0) is 0 Å². The topological polar surface area (TPSA) is 0 Å². The summed E-state index contributed by atoms with van der Waals surface area (Å²) in [5.41, 5.74) is 0. The molecule has 0 aromatic rings. The van der Waals surface area contributed by atoms with Crippen LogP contribution in [0.3, 0.4) is 0 Å². The predicted octanol–water partition coefficient (Wildman–Crippen LogP) is 17.0. The van der Waals surface area contributed by atoms with E-state index in [-0.39, 0.29) is 0 Å². The number of halogens is 39. The molecule has 0 spiro atoms. The van der Waals surface area contributed by atoms with Crippen molar-refractivity contribution in [2.45, 2.75) is 171 Å². The summed E-state index contributed by atoms with van der Waals surface area (Å²) in [6.07, 6.45) is -40.7. The molecule has 0 amide bonds. The van der Waals surface area contributed by atoms with Crippen LogP contribution >= 0.6 is 0 Å². The number of rotatable bonds is 25. The third-order valence-corrected chi connectivity index (χ3v) is 26.7. The Morgan fingerprint density at radius 3 is 0.493 bits per heavy atom. The van der Waals surface area contributed by atoms with Gasteiger partial charge in [-0.05, 0) is 0 Å². The van der Waals surface area contributed by atoms with Gasteiger partial charge in [-0.1, -0.05) is 0 Å². The Hall–Kier alpha value is -1.93. The fourth-order valence-electron chi connectivity index (χ4n) is 5.84. The molecule has 0 aromatic heterocycles. The fourth-order valence-corrected chi connectivity index (χ4v) is 18.9. The third kappa shape index (κ3) is 10.6. The van der Waals surface area contributed by atoms with Crippen molar-refractivity contribution in [3.8, 4) is 0 Å². The molecule has 416 valence electrons. The zero-order valence-corrected chi connectivity index (χ0v) is 35.2. The molecule has 40 heteroatoms. The van der Waals surface area contributed by atoms with E-state index in [0.29, 0.717) is 6.92 Å². The first-order valence-electron chi connectivity index (χ1n) is 17.3. The summed E-state index contributed by atoms with van der Waals surface area (Å²) in [6, 6.07) is 0. The van der Waals surface area contributed by atoms with Crippen LogP contribution in [0.4, 0.5) is 171 Å². The molecular formula is C29H23F39Sn. The van der Waals surface area contributed by atoms with E-state index in [1.54, 1.807) is 0 Å². The van der Waals surface area contributed by atoms with E-state index in [2.05, 4.69) is 0 Å². The molecule has 0 heterocycles. The number of hydrogen-bond donors (Lipinski definition) is 0. The van der Waals surface area contributed by atoms with Crippen LogP contribution in [0.5, 0.6) is 0 Å².